The molecule has 0 saturated carbocycles. The van der Waals surface area contributed by atoms with E-state index in [1.165, 1.54) is 4.90 Å². The molecular formula is C34H40N6O8. The molecule has 6 N–H and O–H groups in total. The van der Waals surface area contributed by atoms with Crippen molar-refractivity contribution < 1.29 is 34.5 Å². The summed E-state index contributed by atoms with van der Waals surface area (Å²) in [5.74, 6) is -7.57. The Kier molecular flexibility index (Phi) is 8.93. The molecule has 0 radical (unpaired) electrons. The van der Waals surface area contributed by atoms with E-state index in [0.29, 0.717) is 35.5 Å². The third-order valence-corrected chi connectivity index (χ3v) is 9.61. The minimum Gasteiger partial charge on any atom is -0.510 e. The summed E-state index contributed by atoms with van der Waals surface area (Å²) < 4.78 is 0. The molecule has 3 aliphatic carbocycles. The average molecular weight is 661 g/mol. The number of allylic oxidation sites excluding steroid dienone is 1. The predicted octanol–water partition coefficient (Wildman–Crippen LogP) is 1.92. The first-order valence-corrected chi connectivity index (χ1v) is 15.4. The van der Waals surface area contributed by atoms with Gasteiger partial charge in [-0.1, -0.05) is 12.1 Å². The number of phenolic OH excluding ortho intramolecular Hbond substituents is 1. The minimum absolute atomic E-state index is 0.0403. The maximum absolute atomic E-state index is 14.4. The Hall–Kier alpha value is -5.08. The number of aliphatic hydroxyl groups excluding tert-OH is 2. The van der Waals surface area contributed by atoms with E-state index in [0.717, 1.165) is 0 Å². The molecule has 2 aromatic carbocycles. The molecule has 0 heterocycles. The number of amides is 2. The summed E-state index contributed by atoms with van der Waals surface area (Å²) >= 11 is 0. The number of nitrogens with zero attached hydrogens (tertiary/aromatic N) is 4. The number of aromatic hydroxyl groups is 1. The lowest BCUT2D eigenvalue weighted by Crippen LogP contribution is -2.62. The molecule has 0 aliphatic heterocycles. The highest BCUT2D eigenvalue weighted by Gasteiger charge is 2.65. The first-order chi connectivity index (χ1) is 22.6. The molecule has 254 valence electrons. The van der Waals surface area contributed by atoms with E-state index in [4.69, 9.17) is 5.73 Å². The Morgan fingerprint density at radius 1 is 1.06 bits per heavy atom. The number of fused-ring (bicyclic) bond motifs is 3. The smallest absolute Gasteiger partial charge is 0.255 e. The van der Waals surface area contributed by atoms with Gasteiger partial charge in [-0.3, -0.25) is 24.1 Å². The second-order valence-corrected chi connectivity index (χ2v) is 13.2. The molecule has 0 spiro atoms. The Morgan fingerprint density at radius 2 is 1.75 bits per heavy atom. The molecule has 0 saturated heterocycles. The molecule has 0 bridgehead atoms. The van der Waals surface area contributed by atoms with Crippen LogP contribution in [-0.2, 0) is 16.0 Å². The van der Waals surface area contributed by atoms with Crippen molar-refractivity contribution in [1.82, 2.24) is 15.1 Å². The number of ketones is 2. The standard InChI is InChI=1S/C34H40N6O8/c1-38(2)11-10-36-33(47)17-9-7-8-16(12-17)19-15-22(39(3)4)20-13-18-14-21-26(40(5)6)29(43)25(32(35)46)31(45)34(21,37-48)30(44)23(18)28(42)24(20)27(19)41/h7-9,12,15,18,21,26,41,43-44H,10-11,13-14H2,1-6H3,(H2,35,46)(H,36,47)/t18-,21-,26-,34-/m0/s1. The molecule has 2 aromatic rings. The number of hydrogen-bond acceptors (Lipinski definition) is 12. The highest BCUT2D eigenvalue weighted by molar-refractivity contribution is 6.25. The molecule has 48 heavy (non-hydrogen) atoms. The first kappa shape index (κ1) is 34.3. The van der Waals surface area contributed by atoms with Crippen LogP contribution in [0.4, 0.5) is 5.69 Å². The van der Waals surface area contributed by atoms with Crippen LogP contribution >= 0.6 is 0 Å². The van der Waals surface area contributed by atoms with Crippen molar-refractivity contribution in [2.45, 2.75) is 24.4 Å². The van der Waals surface area contributed by atoms with Gasteiger partial charge in [0.25, 0.3) is 11.8 Å². The summed E-state index contributed by atoms with van der Waals surface area (Å²) in [7, 11) is 10.5. The number of hydrogen-bond donors (Lipinski definition) is 5. The molecule has 5 rings (SSSR count). The van der Waals surface area contributed by atoms with Crippen LogP contribution in [-0.4, -0.2) is 115 Å². The molecule has 14 nitrogen and oxygen atoms in total. The van der Waals surface area contributed by atoms with Crippen LogP contribution in [0.1, 0.15) is 32.7 Å². The Balaban J connectivity index is 1.68. The average Bonchev–Trinajstić information content (AvgIpc) is 3.00. The van der Waals surface area contributed by atoms with Gasteiger partial charge in [0, 0.05) is 55.5 Å². The molecule has 0 unspecified atom stereocenters. The number of Topliss-reactive ketones (excluding diaryl/α,β-unsaturated/α-hetero) is 2. The molecule has 0 fully saturated rings. The van der Waals surface area contributed by atoms with E-state index in [1.807, 2.05) is 19.0 Å². The van der Waals surface area contributed by atoms with E-state index < -0.39 is 63.7 Å². The highest BCUT2D eigenvalue weighted by atomic mass is 16.3. The van der Waals surface area contributed by atoms with Crippen LogP contribution in [0.2, 0.25) is 0 Å². The lowest BCUT2D eigenvalue weighted by molar-refractivity contribution is -0.129. The first-order valence-electron chi connectivity index (χ1n) is 15.4. The van der Waals surface area contributed by atoms with Crippen molar-refractivity contribution in [2.75, 3.05) is 60.3 Å². The number of nitroso groups, excluding NO2 is 1. The van der Waals surface area contributed by atoms with Gasteiger partial charge < -0.3 is 36.2 Å². The van der Waals surface area contributed by atoms with E-state index in [9.17, 15) is 39.4 Å². The maximum atomic E-state index is 14.4. The Bertz CT molecular complexity index is 1810. The second-order valence-electron chi connectivity index (χ2n) is 13.2. The van der Waals surface area contributed by atoms with Gasteiger partial charge in [0.1, 0.15) is 22.8 Å². The second kappa shape index (κ2) is 12.5. The van der Waals surface area contributed by atoms with E-state index in [-0.39, 0.29) is 35.4 Å². The van der Waals surface area contributed by atoms with Crippen molar-refractivity contribution in [1.29, 1.82) is 0 Å². The lowest BCUT2D eigenvalue weighted by Gasteiger charge is -2.49. The number of carbonyl (C=O) groups is 4. The molecule has 4 atom stereocenters. The van der Waals surface area contributed by atoms with Gasteiger partial charge in [-0.2, -0.15) is 0 Å². The normalized spacial score (nSPS) is 23.5. The molecular weight excluding hydrogens is 620 g/mol. The summed E-state index contributed by atoms with van der Waals surface area (Å²) in [6, 6.07) is 7.19. The topological polar surface area (TPSA) is 206 Å². The third-order valence-electron chi connectivity index (χ3n) is 9.61. The van der Waals surface area contributed by atoms with Crippen molar-refractivity contribution in [3.8, 4) is 16.9 Å². The number of nitrogens with one attached hydrogen (secondary N) is 1. The van der Waals surface area contributed by atoms with Gasteiger partial charge >= 0.3 is 0 Å². The number of nitrogens with two attached hydrogens (primary N) is 1. The number of primary amides is 1. The number of rotatable bonds is 9. The molecule has 0 aromatic heterocycles. The van der Waals surface area contributed by atoms with Gasteiger partial charge in [-0.25, -0.2) is 0 Å². The maximum Gasteiger partial charge on any atom is 0.255 e. The van der Waals surface area contributed by atoms with Crippen LogP contribution in [0.5, 0.6) is 5.75 Å². The quantitative estimate of drug-likeness (QED) is 0.194. The van der Waals surface area contributed by atoms with Crippen molar-refractivity contribution >= 4 is 29.1 Å². The minimum atomic E-state index is -2.61. The van der Waals surface area contributed by atoms with Gasteiger partial charge in [0.15, 0.2) is 5.78 Å². The number of anilines is 1. The number of aliphatic hydroxyl groups is 2. The van der Waals surface area contributed by atoms with E-state index in [1.54, 1.807) is 63.4 Å². The largest absolute Gasteiger partial charge is 0.510 e. The fourth-order valence-corrected chi connectivity index (χ4v) is 7.39. The summed E-state index contributed by atoms with van der Waals surface area (Å²) in [4.78, 5) is 71.4. The third kappa shape index (κ3) is 5.21. The zero-order valence-corrected chi connectivity index (χ0v) is 27.7. The van der Waals surface area contributed by atoms with Crippen molar-refractivity contribution in [2.24, 2.45) is 22.7 Å². The van der Waals surface area contributed by atoms with Crippen LogP contribution < -0.4 is 16.0 Å². The monoisotopic (exact) mass is 660 g/mol. The number of likely N-dealkylation sites (N-methyl/N-ethyl adjacent to an activating group) is 2. The molecule has 14 heteroatoms. The van der Waals surface area contributed by atoms with Gasteiger partial charge in [0.2, 0.25) is 11.3 Å². The summed E-state index contributed by atoms with van der Waals surface area (Å²) in [6.45, 7) is 1.06. The fraction of sp³-hybridized carbons (Fsp3) is 0.412. The van der Waals surface area contributed by atoms with Crippen LogP contribution in [0.15, 0.2) is 58.2 Å². The number of benzene rings is 2. The van der Waals surface area contributed by atoms with Crippen LogP contribution in [0.3, 0.4) is 0 Å². The van der Waals surface area contributed by atoms with Crippen molar-refractivity contribution in [3.63, 3.8) is 0 Å². The predicted molar refractivity (Wildman–Crippen MR) is 178 cm³/mol. The number of carbonyl (C=O) groups excluding carboxylic acids is 4. The zero-order chi connectivity index (χ0) is 35.4. The summed E-state index contributed by atoms with van der Waals surface area (Å²) in [5.41, 5.74) is 3.67. The zero-order valence-electron chi connectivity index (χ0n) is 27.7. The molecule has 3 aliphatic rings. The summed E-state index contributed by atoms with van der Waals surface area (Å²) in [6.07, 6.45) is 0.0877. The SMILES string of the molecule is CN(C)CCNC(=O)c1cccc(-c2cc(N(C)C)c3c(c2O)C(=O)C2=C(O)[C@]4(N=O)C(=O)C(C(N)=O)=C(O)[C@@H](N(C)C)[C@@H]4C[C@@H]2C3)c1. The van der Waals surface area contributed by atoms with Crippen LogP contribution in [0.25, 0.3) is 11.1 Å². The van der Waals surface area contributed by atoms with E-state index in [2.05, 4.69) is 10.5 Å². The fourth-order valence-electron chi connectivity index (χ4n) is 7.39. The van der Waals surface area contributed by atoms with E-state index >= 15 is 0 Å². The van der Waals surface area contributed by atoms with Gasteiger partial charge in [0.05, 0.1) is 11.6 Å². The van der Waals surface area contributed by atoms with Gasteiger partial charge in [-0.15, -0.1) is 4.91 Å². The molecule has 2 amide bonds. The van der Waals surface area contributed by atoms with Gasteiger partial charge in [-0.05, 0) is 81.5 Å². The summed E-state index contributed by atoms with van der Waals surface area (Å²) in [5, 5.41) is 40.5. The number of phenols is 1. The Labute approximate surface area is 277 Å². The highest BCUT2D eigenvalue weighted by Crippen LogP contribution is 2.55. The Morgan fingerprint density at radius 3 is 2.33 bits per heavy atom. The van der Waals surface area contributed by atoms with Crippen LogP contribution in [0, 0.1) is 16.7 Å². The lowest BCUT2D eigenvalue weighted by atomic mass is 9.57. The van der Waals surface area contributed by atoms with Crippen molar-refractivity contribution in [3.05, 3.63) is 74.6 Å².